The molecule has 0 radical (unpaired) electrons. The summed E-state index contributed by atoms with van der Waals surface area (Å²) in [6, 6.07) is 12.5. The van der Waals surface area contributed by atoms with Crippen LogP contribution in [-0.4, -0.2) is 52.2 Å². The summed E-state index contributed by atoms with van der Waals surface area (Å²) in [7, 11) is 3.15. The Morgan fingerprint density at radius 2 is 1.74 bits per heavy atom. The fraction of sp³-hybridized carbons (Fsp3) is 0.257. The zero-order valence-electron chi connectivity index (χ0n) is 28.7. The van der Waals surface area contributed by atoms with Crippen LogP contribution in [-0.2, 0) is 21.7 Å². The lowest BCUT2D eigenvalue weighted by atomic mass is 9.91. The maximum Gasteiger partial charge on any atom is 0.253 e. The standard InChI is InChI=1S/C35H30N4O4/c1-35-32(42-3)25(37(2)34(41)19-11-5-4-6-12-19)17-26(43-35)38-23-15-9-7-13-20(23)28-29-22(18-36-33(29)40)27-21-14-8-10-16-24(21)39(35)31(27)30(28)38/h4-16,25-26,32H,17-18H2,1-3H3,(H,36,40)/t25-,26-,32-,35+/m1/s1/i4D,5D,6D,11D,12D. The van der Waals surface area contributed by atoms with E-state index < -0.39 is 65.8 Å². The molecule has 2 aromatic heterocycles. The first-order valence-corrected chi connectivity index (χ1v) is 14.3. The number of carbonyl (C=O) groups excluding carboxylic acids is 2. The van der Waals surface area contributed by atoms with Gasteiger partial charge in [0.15, 0.2) is 5.72 Å². The van der Waals surface area contributed by atoms with Crippen molar-refractivity contribution in [3.63, 3.8) is 0 Å². The normalized spacial score (nSPS) is 25.8. The predicted octanol–water partition coefficient (Wildman–Crippen LogP) is 5.91. The highest BCUT2D eigenvalue weighted by atomic mass is 16.6. The van der Waals surface area contributed by atoms with Crippen molar-refractivity contribution >= 4 is 55.4 Å². The number of nitrogens with zero attached hydrogens (tertiary/aromatic N) is 3. The van der Waals surface area contributed by atoms with E-state index in [0.29, 0.717) is 12.1 Å². The summed E-state index contributed by atoms with van der Waals surface area (Å²) in [6.45, 7) is 2.34. The van der Waals surface area contributed by atoms with E-state index >= 15 is 0 Å². The summed E-state index contributed by atoms with van der Waals surface area (Å²) in [5.74, 6) is -0.831. The molecule has 0 spiro atoms. The van der Waals surface area contributed by atoms with E-state index in [1.165, 1.54) is 4.90 Å². The molecule has 4 atom stereocenters. The Morgan fingerprint density at radius 1 is 1.05 bits per heavy atom. The summed E-state index contributed by atoms with van der Waals surface area (Å²) < 4.78 is 59.2. The first-order valence-electron chi connectivity index (χ1n) is 16.8. The smallest absolute Gasteiger partial charge is 0.253 e. The van der Waals surface area contributed by atoms with Crippen molar-refractivity contribution in [2.45, 2.75) is 44.0 Å². The van der Waals surface area contributed by atoms with Crippen molar-refractivity contribution in [1.82, 2.24) is 19.4 Å². The third kappa shape index (κ3) is 2.97. The number of benzene rings is 4. The average Bonchev–Trinajstić information content (AvgIpc) is 3.73. The number of nitrogens with one attached hydrogen (secondary N) is 1. The van der Waals surface area contributed by atoms with Crippen LogP contribution in [0.25, 0.3) is 43.6 Å². The predicted molar refractivity (Wildman–Crippen MR) is 165 cm³/mol. The number of aromatic nitrogens is 2. The highest BCUT2D eigenvalue weighted by Gasteiger charge is 2.55. The molecule has 6 aromatic rings. The molecule has 1 fully saturated rings. The molecule has 4 aromatic carbocycles. The molecule has 2 amide bonds. The van der Waals surface area contributed by atoms with Gasteiger partial charge in [0.25, 0.3) is 11.8 Å². The number of rotatable bonds is 3. The Kier molecular flexibility index (Phi) is 3.99. The van der Waals surface area contributed by atoms with Gasteiger partial charge in [0.1, 0.15) is 12.3 Å². The molecule has 1 saturated heterocycles. The third-order valence-electron chi connectivity index (χ3n) is 9.73. The summed E-state index contributed by atoms with van der Waals surface area (Å²) >= 11 is 0. The maximum atomic E-state index is 14.3. The lowest BCUT2D eigenvalue weighted by Gasteiger charge is -2.50. The average molecular weight is 576 g/mol. The van der Waals surface area contributed by atoms with Crippen LogP contribution in [0.2, 0.25) is 0 Å². The van der Waals surface area contributed by atoms with Gasteiger partial charge >= 0.3 is 0 Å². The maximum absolute atomic E-state index is 14.3. The fourth-order valence-electron chi connectivity index (χ4n) is 8.08. The number of para-hydroxylation sites is 2. The number of hydrogen-bond donors (Lipinski definition) is 1. The molecule has 9 rings (SSSR count). The minimum absolute atomic E-state index is 0.123. The SMILES string of the molecule is [2H]c1c([2H])c([2H])c(C(=O)N(C)[C@@H]2C[C@H]3O[C@@](C)([C@@H]2OC)n2c4ccccc4c4c5c(c6c7ccccc7n3c6c42)C(=O)NC5)c([2H])c1[2H]. The van der Waals surface area contributed by atoms with Crippen molar-refractivity contribution in [3.05, 3.63) is 95.4 Å². The van der Waals surface area contributed by atoms with Crippen molar-refractivity contribution in [2.75, 3.05) is 14.2 Å². The molecule has 43 heavy (non-hydrogen) atoms. The summed E-state index contributed by atoms with van der Waals surface area (Å²) in [5, 5.41) is 6.76. The first-order chi connectivity index (χ1) is 23.0. The van der Waals surface area contributed by atoms with Gasteiger partial charge in [-0.3, -0.25) is 9.59 Å². The third-order valence-corrected chi connectivity index (χ3v) is 9.73. The highest BCUT2D eigenvalue weighted by molar-refractivity contribution is 6.31. The largest absolute Gasteiger partial charge is 0.374 e. The Hall–Kier alpha value is -4.66. The molecular formula is C35H30N4O4. The second-order valence-corrected chi connectivity index (χ2v) is 11.7. The summed E-state index contributed by atoms with van der Waals surface area (Å²) in [5.41, 5.74) is 3.52. The topological polar surface area (TPSA) is 77.7 Å². The fourth-order valence-corrected chi connectivity index (χ4v) is 8.08. The van der Waals surface area contributed by atoms with E-state index in [1.807, 2.05) is 49.4 Å². The van der Waals surface area contributed by atoms with Gasteiger partial charge in [-0.1, -0.05) is 54.5 Å². The minimum Gasteiger partial charge on any atom is -0.374 e. The van der Waals surface area contributed by atoms with E-state index in [1.54, 1.807) is 14.2 Å². The minimum atomic E-state index is -1.20. The molecular weight excluding hydrogens is 540 g/mol. The lowest BCUT2D eigenvalue weighted by molar-refractivity contribution is -0.264. The number of likely N-dealkylation sites (N-methyl/N-ethyl adjacent to an activating group) is 1. The van der Waals surface area contributed by atoms with Crippen LogP contribution >= 0.6 is 0 Å². The van der Waals surface area contributed by atoms with Gasteiger partial charge in [-0.2, -0.15) is 0 Å². The van der Waals surface area contributed by atoms with Crippen molar-refractivity contribution < 1.29 is 25.9 Å². The quantitative estimate of drug-likeness (QED) is 0.285. The van der Waals surface area contributed by atoms with Crippen LogP contribution in [0.3, 0.4) is 0 Å². The Bertz CT molecular complexity index is 2440. The van der Waals surface area contributed by atoms with Crippen LogP contribution < -0.4 is 5.32 Å². The van der Waals surface area contributed by atoms with E-state index in [9.17, 15) is 9.59 Å². The number of hydrogen-bond acceptors (Lipinski definition) is 4. The molecule has 0 saturated carbocycles. The zero-order valence-corrected chi connectivity index (χ0v) is 23.7. The van der Waals surface area contributed by atoms with E-state index in [0.717, 1.165) is 49.2 Å². The molecule has 0 aliphatic carbocycles. The van der Waals surface area contributed by atoms with E-state index in [4.69, 9.17) is 16.3 Å². The van der Waals surface area contributed by atoms with Gasteiger partial charge in [-0.25, -0.2) is 0 Å². The molecule has 8 nitrogen and oxygen atoms in total. The number of methoxy groups -OCH3 is 1. The Morgan fingerprint density at radius 3 is 2.49 bits per heavy atom. The van der Waals surface area contributed by atoms with E-state index in [-0.39, 0.29) is 12.3 Å². The molecule has 1 N–H and O–H groups in total. The second-order valence-electron chi connectivity index (χ2n) is 11.7. The first kappa shape index (κ1) is 20.3. The van der Waals surface area contributed by atoms with Gasteiger partial charge in [-0.15, -0.1) is 0 Å². The molecule has 214 valence electrons. The number of ether oxygens (including phenoxy) is 2. The number of amides is 2. The lowest BCUT2D eigenvalue weighted by Crippen LogP contribution is -2.61. The van der Waals surface area contributed by atoms with E-state index in [2.05, 4.69) is 20.5 Å². The van der Waals surface area contributed by atoms with Gasteiger partial charge in [-0.05, 0) is 36.7 Å². The molecule has 3 aliphatic heterocycles. The van der Waals surface area contributed by atoms with Crippen LogP contribution in [0.5, 0.6) is 0 Å². The molecule has 5 heterocycles. The second kappa shape index (κ2) is 8.46. The van der Waals surface area contributed by atoms with Crippen molar-refractivity contribution in [2.24, 2.45) is 0 Å². The number of carbonyl (C=O) groups is 2. The van der Waals surface area contributed by atoms with Crippen molar-refractivity contribution in [1.29, 1.82) is 0 Å². The summed E-state index contributed by atoms with van der Waals surface area (Å²) in [4.78, 5) is 29.3. The highest BCUT2D eigenvalue weighted by Crippen LogP contribution is 2.54. The van der Waals surface area contributed by atoms with Gasteiger partial charge in [0.2, 0.25) is 0 Å². The van der Waals surface area contributed by atoms with Gasteiger partial charge < -0.3 is 28.8 Å². The van der Waals surface area contributed by atoms with Crippen molar-refractivity contribution in [3.8, 4) is 0 Å². The molecule has 8 heteroatoms. The Balaban J connectivity index is 1.37. The van der Waals surface area contributed by atoms with Crippen LogP contribution in [0.15, 0.2) is 78.7 Å². The zero-order chi connectivity index (χ0) is 33.5. The van der Waals surface area contributed by atoms with Gasteiger partial charge in [0.05, 0.1) is 40.5 Å². The van der Waals surface area contributed by atoms with Crippen LogP contribution in [0.4, 0.5) is 0 Å². The molecule has 2 bridgehead atoms. The molecule has 3 aliphatic rings. The summed E-state index contributed by atoms with van der Waals surface area (Å²) in [6.07, 6.45) is -1.13. The van der Waals surface area contributed by atoms with Gasteiger partial charge in [0, 0.05) is 54.2 Å². The van der Waals surface area contributed by atoms with Crippen LogP contribution in [0, 0.1) is 0 Å². The molecule has 0 unspecified atom stereocenters. The number of fused-ring (bicyclic) bond motifs is 13. The Labute approximate surface area is 254 Å². The van der Waals surface area contributed by atoms with Crippen LogP contribution in [0.1, 0.15) is 52.7 Å². The monoisotopic (exact) mass is 575 g/mol.